The Morgan fingerprint density at radius 1 is 1.14 bits per heavy atom. The topological polar surface area (TPSA) is 44.7 Å². The molecule has 1 fully saturated rings. The van der Waals surface area contributed by atoms with Crippen LogP contribution >= 0.6 is 0 Å². The van der Waals surface area contributed by atoms with Crippen molar-refractivity contribution in [1.82, 2.24) is 10.2 Å². The third-order valence-electron chi connectivity index (χ3n) is 4.35. The third-order valence-corrected chi connectivity index (χ3v) is 4.35. The molecule has 1 rings (SSSR count). The maximum Gasteiger partial charge on any atom is 0.0472 e. The van der Waals surface area contributed by atoms with Gasteiger partial charge in [-0.25, -0.2) is 0 Å². The molecule has 0 aromatic rings. The summed E-state index contributed by atoms with van der Waals surface area (Å²) >= 11 is 0. The highest BCUT2D eigenvalue weighted by atomic mass is 16.5. The lowest BCUT2D eigenvalue weighted by atomic mass is 9.79. The van der Waals surface area contributed by atoms with Gasteiger partial charge in [0.2, 0.25) is 0 Å². The van der Waals surface area contributed by atoms with Gasteiger partial charge in [-0.1, -0.05) is 0 Å². The van der Waals surface area contributed by atoms with Gasteiger partial charge in [-0.15, -0.1) is 0 Å². The van der Waals surface area contributed by atoms with Gasteiger partial charge in [0.25, 0.3) is 0 Å². The molecule has 1 heterocycles. The largest absolute Gasteiger partial charge is 0.396 e. The van der Waals surface area contributed by atoms with Crippen LogP contribution in [0.4, 0.5) is 0 Å². The minimum absolute atomic E-state index is 0.172. The Bertz CT molecular complexity index is 270. The monoisotopic (exact) mass is 300 g/mol. The zero-order valence-electron chi connectivity index (χ0n) is 14.6. The van der Waals surface area contributed by atoms with Crippen LogP contribution in [0, 0.1) is 5.41 Å². The molecule has 0 aromatic heterocycles. The van der Waals surface area contributed by atoms with Crippen molar-refractivity contribution in [1.29, 1.82) is 0 Å². The quantitative estimate of drug-likeness (QED) is 0.641. The van der Waals surface area contributed by atoms with E-state index in [0.717, 1.165) is 58.5 Å². The lowest BCUT2D eigenvalue weighted by molar-refractivity contribution is -0.00352. The molecule has 0 atom stereocenters. The Labute approximate surface area is 131 Å². The molecule has 0 radical (unpaired) electrons. The van der Waals surface area contributed by atoms with Gasteiger partial charge in [0.05, 0.1) is 0 Å². The second kappa shape index (κ2) is 9.09. The zero-order chi connectivity index (χ0) is 15.8. The number of aliphatic hydroxyl groups is 1. The Hall–Kier alpha value is -0.160. The number of unbranched alkanes of at least 4 members (excludes halogenated alkanes) is 2. The zero-order valence-corrected chi connectivity index (χ0v) is 14.6. The van der Waals surface area contributed by atoms with Gasteiger partial charge in [0.15, 0.2) is 0 Å². The molecule has 1 aliphatic rings. The Morgan fingerprint density at radius 3 is 2.38 bits per heavy atom. The number of aliphatic hydroxyl groups excluding tert-OH is 1. The smallest absolute Gasteiger partial charge is 0.0472 e. The molecule has 4 nitrogen and oxygen atoms in total. The fourth-order valence-electron chi connectivity index (χ4n) is 2.97. The van der Waals surface area contributed by atoms with E-state index in [1.807, 2.05) is 0 Å². The predicted octanol–water partition coefficient (Wildman–Crippen LogP) is 2.27. The summed E-state index contributed by atoms with van der Waals surface area (Å²) in [4.78, 5) is 2.47. The molecule has 0 unspecified atom stereocenters. The van der Waals surface area contributed by atoms with Gasteiger partial charge in [-0.2, -0.15) is 0 Å². The molecule has 1 aliphatic heterocycles. The minimum atomic E-state index is 0.172. The molecule has 0 bridgehead atoms. The summed E-state index contributed by atoms with van der Waals surface area (Å²) in [6, 6.07) is 0. The highest BCUT2D eigenvalue weighted by Gasteiger charge is 2.34. The molecular formula is C17H36N2O2. The number of rotatable bonds is 9. The van der Waals surface area contributed by atoms with Gasteiger partial charge in [-0.3, -0.25) is 0 Å². The van der Waals surface area contributed by atoms with Crippen LogP contribution in [0.15, 0.2) is 0 Å². The van der Waals surface area contributed by atoms with E-state index < -0.39 is 0 Å². The van der Waals surface area contributed by atoms with Crippen molar-refractivity contribution in [3.05, 3.63) is 0 Å². The summed E-state index contributed by atoms with van der Waals surface area (Å²) in [5.41, 5.74) is 0.516. The van der Waals surface area contributed by atoms with Crippen LogP contribution in [-0.2, 0) is 4.74 Å². The normalized spacial score (nSPS) is 19.1. The van der Waals surface area contributed by atoms with Crippen LogP contribution < -0.4 is 5.32 Å². The molecule has 0 aromatic carbocycles. The molecular weight excluding hydrogens is 264 g/mol. The van der Waals surface area contributed by atoms with Crippen molar-refractivity contribution < 1.29 is 9.84 Å². The van der Waals surface area contributed by atoms with E-state index in [9.17, 15) is 0 Å². The first-order chi connectivity index (χ1) is 9.87. The summed E-state index contributed by atoms with van der Waals surface area (Å²) < 4.78 is 5.58. The fraction of sp³-hybridized carbons (Fsp3) is 1.00. The van der Waals surface area contributed by atoms with E-state index in [2.05, 4.69) is 38.0 Å². The average molecular weight is 300 g/mol. The van der Waals surface area contributed by atoms with Crippen molar-refractivity contribution in [2.75, 3.05) is 46.5 Å². The van der Waals surface area contributed by atoms with E-state index in [1.165, 1.54) is 6.42 Å². The SMILES string of the molecule is CN(CCCCCO)CC1(CNC(C)(C)C)CCOCC1. The molecule has 126 valence electrons. The second-order valence-corrected chi connectivity index (χ2v) is 7.74. The molecule has 4 heteroatoms. The van der Waals surface area contributed by atoms with Gasteiger partial charge in [-0.05, 0) is 71.9 Å². The third kappa shape index (κ3) is 8.15. The lowest BCUT2D eigenvalue weighted by Gasteiger charge is -2.42. The number of hydrogen-bond acceptors (Lipinski definition) is 4. The van der Waals surface area contributed by atoms with E-state index in [1.54, 1.807) is 0 Å². The maximum atomic E-state index is 8.84. The van der Waals surface area contributed by atoms with E-state index in [4.69, 9.17) is 9.84 Å². The maximum absolute atomic E-state index is 8.84. The summed E-state index contributed by atoms with van der Waals surface area (Å²) in [5, 5.41) is 12.5. The number of nitrogens with one attached hydrogen (secondary N) is 1. The number of hydrogen-bond donors (Lipinski definition) is 2. The number of ether oxygens (including phenoxy) is 1. The van der Waals surface area contributed by atoms with Gasteiger partial charge in [0, 0.05) is 38.4 Å². The highest BCUT2D eigenvalue weighted by molar-refractivity contribution is 4.89. The molecule has 0 amide bonds. The molecule has 0 spiro atoms. The van der Waals surface area contributed by atoms with Crippen molar-refractivity contribution in [2.45, 2.75) is 58.4 Å². The van der Waals surface area contributed by atoms with Crippen LogP contribution in [0.3, 0.4) is 0 Å². The van der Waals surface area contributed by atoms with Crippen molar-refractivity contribution in [3.8, 4) is 0 Å². The van der Waals surface area contributed by atoms with Crippen LogP contribution in [0.25, 0.3) is 0 Å². The van der Waals surface area contributed by atoms with Crippen LogP contribution in [0.1, 0.15) is 52.9 Å². The van der Waals surface area contributed by atoms with Gasteiger partial charge >= 0.3 is 0 Å². The standard InChI is InChI=1S/C17H36N2O2/c1-16(2,3)18-14-17(8-12-21-13-9-17)15-19(4)10-6-5-7-11-20/h18,20H,5-15H2,1-4H3. The van der Waals surface area contributed by atoms with Crippen molar-refractivity contribution in [2.24, 2.45) is 5.41 Å². The Kier molecular flexibility index (Phi) is 8.17. The fourth-order valence-corrected chi connectivity index (χ4v) is 2.97. The Morgan fingerprint density at radius 2 is 1.81 bits per heavy atom. The summed E-state index contributed by atoms with van der Waals surface area (Å²) in [6.07, 6.45) is 5.53. The van der Waals surface area contributed by atoms with Crippen molar-refractivity contribution >= 4 is 0 Å². The summed E-state index contributed by atoms with van der Waals surface area (Å²) in [6.45, 7) is 12.1. The molecule has 0 aliphatic carbocycles. The van der Waals surface area contributed by atoms with Crippen LogP contribution in [0.5, 0.6) is 0 Å². The molecule has 0 saturated carbocycles. The lowest BCUT2D eigenvalue weighted by Crippen LogP contribution is -2.50. The first-order valence-corrected chi connectivity index (χ1v) is 8.49. The molecule has 21 heavy (non-hydrogen) atoms. The van der Waals surface area contributed by atoms with Crippen LogP contribution in [0.2, 0.25) is 0 Å². The van der Waals surface area contributed by atoms with Gasteiger partial charge < -0.3 is 20.1 Å². The predicted molar refractivity (Wildman–Crippen MR) is 88.7 cm³/mol. The average Bonchev–Trinajstić information content (AvgIpc) is 2.42. The first-order valence-electron chi connectivity index (χ1n) is 8.49. The molecule has 1 saturated heterocycles. The Balaban J connectivity index is 2.44. The highest BCUT2D eigenvalue weighted by Crippen LogP contribution is 2.31. The summed E-state index contributed by atoms with van der Waals surface area (Å²) in [7, 11) is 2.23. The second-order valence-electron chi connectivity index (χ2n) is 7.74. The number of nitrogens with zero attached hydrogens (tertiary/aromatic N) is 1. The van der Waals surface area contributed by atoms with Crippen molar-refractivity contribution in [3.63, 3.8) is 0 Å². The first kappa shape index (κ1) is 18.9. The molecule has 2 N–H and O–H groups in total. The van der Waals surface area contributed by atoms with E-state index in [-0.39, 0.29) is 5.54 Å². The minimum Gasteiger partial charge on any atom is -0.396 e. The summed E-state index contributed by atoms with van der Waals surface area (Å²) in [5.74, 6) is 0. The van der Waals surface area contributed by atoms with E-state index >= 15 is 0 Å². The van der Waals surface area contributed by atoms with Crippen LogP contribution in [-0.4, -0.2) is 62.0 Å². The van der Waals surface area contributed by atoms with E-state index in [0.29, 0.717) is 12.0 Å². The van der Waals surface area contributed by atoms with Gasteiger partial charge in [0.1, 0.15) is 0 Å².